The number of fused-ring (bicyclic) bond motifs is 12. The maximum atomic E-state index is 2.51. The second kappa shape index (κ2) is 12.1. The Bertz CT molecular complexity index is 2470. The Morgan fingerprint density at radius 3 is 1.81 bits per heavy atom. The molecule has 268 valence electrons. The topological polar surface area (TPSA) is 7.76 Å². The highest BCUT2D eigenvalue weighted by Crippen LogP contribution is 2.55. The molecule has 0 spiro atoms. The van der Waals surface area contributed by atoms with Gasteiger partial charge in [0.25, 0.3) is 0 Å². The summed E-state index contributed by atoms with van der Waals surface area (Å²) >= 11 is 0. The highest BCUT2D eigenvalue weighted by atomic mass is 15.2. The fraction of sp³-hybridized carbons (Fsp3) is 0.333. The van der Waals surface area contributed by atoms with E-state index in [1.807, 2.05) is 0 Å². The van der Waals surface area contributed by atoms with E-state index in [0.29, 0.717) is 6.67 Å². The minimum atomic E-state index is -0.208. The van der Waals surface area contributed by atoms with Crippen molar-refractivity contribution < 1.29 is 9.13 Å². The number of nitrogens with zero attached hydrogens (tertiary/aromatic N) is 2. The van der Waals surface area contributed by atoms with E-state index in [9.17, 15) is 0 Å². The normalized spacial score (nSPS) is 15.6. The van der Waals surface area contributed by atoms with E-state index in [1.165, 1.54) is 83.4 Å². The number of benzene rings is 4. The lowest BCUT2D eigenvalue weighted by molar-refractivity contribution is -0.903. The maximum absolute atomic E-state index is 2.51. The zero-order valence-corrected chi connectivity index (χ0v) is 33.8. The standard InChI is InChI=1S/C51H56N2/c1-48(2,3)36-22-19-34-16-14-17-35-21-24-41-40-23-20-33-15-12-13-18-39(33)46(40)51(10,11)47(41)45(35)44-31-38(50(7,8)9)26-28-53(44)32-52-27-25-37(49(4,5)6)30-43(52)42(34)29-36/h12-15,17-31H,16,32H2,1-11H3/q+2/b17-14+. The van der Waals surface area contributed by atoms with Crippen molar-refractivity contribution in [1.29, 1.82) is 0 Å². The van der Waals surface area contributed by atoms with Gasteiger partial charge in [-0.25, -0.2) is 0 Å². The average molecular weight is 697 g/mol. The Balaban J connectivity index is 1.46. The maximum Gasteiger partial charge on any atom is 0.344 e. The zero-order valence-electron chi connectivity index (χ0n) is 33.8. The summed E-state index contributed by atoms with van der Waals surface area (Å²) in [4.78, 5) is 0. The van der Waals surface area contributed by atoms with Crippen molar-refractivity contribution in [2.45, 2.75) is 111 Å². The zero-order chi connectivity index (χ0) is 37.7. The predicted octanol–water partition coefficient (Wildman–Crippen LogP) is 12.0. The molecule has 0 N–H and O–H groups in total. The van der Waals surface area contributed by atoms with Crippen LogP contribution in [0.15, 0.2) is 109 Å². The summed E-state index contributed by atoms with van der Waals surface area (Å²) < 4.78 is 5.00. The third-order valence-corrected chi connectivity index (χ3v) is 12.0. The van der Waals surface area contributed by atoms with Crippen LogP contribution in [0.25, 0.3) is 50.5 Å². The third-order valence-electron chi connectivity index (χ3n) is 12.0. The molecule has 2 heteroatoms. The highest BCUT2D eigenvalue weighted by Gasteiger charge is 2.42. The first kappa shape index (κ1) is 35.2. The van der Waals surface area contributed by atoms with Gasteiger partial charge in [-0.3, -0.25) is 0 Å². The SMILES string of the molecule is CC(C)(C)c1ccc2c(c1)-c1cc(C(C)(C)C)cc[n+]1C[n+]1ccc(C(C)(C)C)cc1-c1c(ccc3c1C(C)(C)c1c-3ccc3ccccc13)/C=C/C2. The van der Waals surface area contributed by atoms with Crippen LogP contribution < -0.4 is 9.13 Å². The lowest BCUT2D eigenvalue weighted by atomic mass is 9.76. The number of hydrogen-bond donors (Lipinski definition) is 0. The number of allylic oxidation sites excluding steroid dienone is 1. The fourth-order valence-electron chi connectivity index (χ4n) is 8.82. The molecule has 0 radical (unpaired) electrons. The Morgan fingerprint density at radius 2 is 1.13 bits per heavy atom. The molecule has 53 heavy (non-hydrogen) atoms. The minimum Gasteiger partial charge on any atom is -0.139 e. The monoisotopic (exact) mass is 696 g/mol. The van der Waals surface area contributed by atoms with Gasteiger partial charge in [-0.1, -0.05) is 149 Å². The molecule has 0 bridgehead atoms. The van der Waals surface area contributed by atoms with E-state index in [-0.39, 0.29) is 21.7 Å². The van der Waals surface area contributed by atoms with E-state index in [2.05, 4.69) is 201 Å². The number of rotatable bonds is 0. The van der Waals surface area contributed by atoms with Crippen molar-refractivity contribution in [2.24, 2.45) is 0 Å². The van der Waals surface area contributed by atoms with Gasteiger partial charge in [0.15, 0.2) is 12.4 Å². The molecule has 0 atom stereocenters. The third kappa shape index (κ3) is 5.95. The largest absolute Gasteiger partial charge is 0.344 e. The summed E-state index contributed by atoms with van der Waals surface area (Å²) in [6.45, 7) is 26.5. The Hall–Kier alpha value is -4.82. The van der Waals surface area contributed by atoms with E-state index >= 15 is 0 Å². The molecule has 1 aliphatic heterocycles. The molecule has 8 rings (SSSR count). The van der Waals surface area contributed by atoms with Crippen molar-refractivity contribution in [3.05, 3.63) is 148 Å². The number of aromatic nitrogens is 2. The van der Waals surface area contributed by atoms with Crippen molar-refractivity contribution in [2.75, 3.05) is 0 Å². The van der Waals surface area contributed by atoms with Crippen molar-refractivity contribution in [1.82, 2.24) is 0 Å². The molecule has 2 aliphatic rings. The Morgan fingerprint density at radius 1 is 0.547 bits per heavy atom. The van der Waals surface area contributed by atoms with Gasteiger partial charge in [-0.05, 0) is 89.6 Å². The van der Waals surface area contributed by atoms with Crippen LogP contribution in [0.1, 0.15) is 115 Å². The molecule has 4 aromatic carbocycles. The van der Waals surface area contributed by atoms with Gasteiger partial charge in [0.1, 0.15) is 0 Å². The first-order chi connectivity index (χ1) is 24.9. The van der Waals surface area contributed by atoms with Crippen LogP contribution in [-0.2, 0) is 34.7 Å². The van der Waals surface area contributed by atoms with Gasteiger partial charge >= 0.3 is 6.67 Å². The molecule has 0 fully saturated rings. The van der Waals surface area contributed by atoms with Crippen molar-refractivity contribution in [3.8, 4) is 33.6 Å². The smallest absolute Gasteiger partial charge is 0.139 e. The fourth-order valence-corrected chi connectivity index (χ4v) is 8.82. The number of hydrogen-bond acceptors (Lipinski definition) is 0. The van der Waals surface area contributed by atoms with Gasteiger partial charge in [0.2, 0.25) is 11.4 Å². The minimum absolute atomic E-state index is 0.00310. The van der Waals surface area contributed by atoms with Crippen LogP contribution in [0.3, 0.4) is 0 Å². The second-order valence-corrected chi connectivity index (χ2v) is 19.2. The molecule has 0 saturated carbocycles. The summed E-state index contributed by atoms with van der Waals surface area (Å²) in [5.74, 6) is 0. The molecule has 3 heterocycles. The van der Waals surface area contributed by atoms with Gasteiger partial charge in [-0.2, -0.15) is 0 Å². The van der Waals surface area contributed by atoms with Gasteiger partial charge < -0.3 is 0 Å². The lowest BCUT2D eigenvalue weighted by Gasteiger charge is -2.27. The van der Waals surface area contributed by atoms with Crippen molar-refractivity contribution >= 4 is 16.8 Å². The molecule has 0 amide bonds. The van der Waals surface area contributed by atoms with Crippen molar-refractivity contribution in [3.63, 3.8) is 0 Å². The average Bonchev–Trinajstić information content (AvgIpc) is 3.33. The summed E-state index contributed by atoms with van der Waals surface area (Å²) in [5, 5.41) is 2.65. The first-order valence-electron chi connectivity index (χ1n) is 19.5. The molecule has 2 aromatic heterocycles. The van der Waals surface area contributed by atoms with Gasteiger partial charge in [0.05, 0.1) is 11.1 Å². The van der Waals surface area contributed by atoms with E-state index in [1.54, 1.807) is 0 Å². The molecule has 0 saturated heterocycles. The van der Waals surface area contributed by atoms with Gasteiger partial charge in [-0.15, -0.1) is 9.13 Å². The summed E-state index contributed by atoms with van der Waals surface area (Å²) in [6, 6.07) is 35.2. The Kier molecular flexibility index (Phi) is 8.04. The van der Waals surface area contributed by atoms with Crippen LogP contribution in [0.4, 0.5) is 0 Å². The molecular weight excluding hydrogens is 641 g/mol. The van der Waals surface area contributed by atoms with E-state index < -0.39 is 0 Å². The summed E-state index contributed by atoms with van der Waals surface area (Å²) in [6.07, 6.45) is 10.3. The van der Waals surface area contributed by atoms with E-state index in [4.69, 9.17) is 0 Å². The number of pyridine rings is 2. The Labute approximate surface area is 317 Å². The summed E-state index contributed by atoms with van der Waals surface area (Å²) in [7, 11) is 0. The van der Waals surface area contributed by atoms with Gasteiger partial charge in [0, 0.05) is 29.7 Å². The van der Waals surface area contributed by atoms with Crippen LogP contribution in [0.2, 0.25) is 0 Å². The first-order valence-corrected chi connectivity index (χ1v) is 19.5. The van der Waals surface area contributed by atoms with Crippen LogP contribution >= 0.6 is 0 Å². The molecular formula is C51H56N2+2. The molecule has 1 aliphatic carbocycles. The predicted molar refractivity (Wildman–Crippen MR) is 223 cm³/mol. The second-order valence-electron chi connectivity index (χ2n) is 19.2. The van der Waals surface area contributed by atoms with E-state index in [0.717, 1.165) is 6.42 Å². The molecule has 0 unspecified atom stereocenters. The van der Waals surface area contributed by atoms with Crippen LogP contribution in [0.5, 0.6) is 0 Å². The quantitative estimate of drug-likeness (QED) is 0.140. The highest BCUT2D eigenvalue weighted by molar-refractivity contribution is 6.00. The van der Waals surface area contributed by atoms with Crippen LogP contribution in [-0.4, -0.2) is 0 Å². The molecule has 2 nitrogen and oxygen atoms in total. The lowest BCUT2D eigenvalue weighted by Crippen LogP contribution is -2.54. The van der Waals surface area contributed by atoms with Crippen LogP contribution in [0, 0.1) is 0 Å². The molecule has 6 aromatic rings. The summed E-state index contributed by atoms with van der Waals surface area (Å²) in [5.41, 5.74) is 17.3.